The van der Waals surface area contributed by atoms with Crippen molar-refractivity contribution in [2.24, 2.45) is 5.92 Å². The first-order valence-corrected chi connectivity index (χ1v) is 10.2. The minimum absolute atomic E-state index is 0.0210. The Balaban J connectivity index is 1.60. The molecule has 154 valence electrons. The predicted molar refractivity (Wildman–Crippen MR) is 103 cm³/mol. The van der Waals surface area contributed by atoms with Crippen LogP contribution in [0.1, 0.15) is 55.7 Å². The molecule has 0 radical (unpaired) electrons. The van der Waals surface area contributed by atoms with Crippen molar-refractivity contribution in [3.05, 3.63) is 47.9 Å². The van der Waals surface area contributed by atoms with Crippen LogP contribution in [0.25, 0.3) is 11.3 Å². The third-order valence-electron chi connectivity index (χ3n) is 6.01. The second-order valence-electron chi connectivity index (χ2n) is 7.97. The van der Waals surface area contributed by atoms with E-state index in [2.05, 4.69) is 9.97 Å². The fourth-order valence-electron chi connectivity index (χ4n) is 4.54. The molecule has 0 N–H and O–H groups in total. The SMILES string of the molecule is O=C(C1CCCC1)N1CCCC(c2nccnc2-c2cccc(C(F)(F)F)c2)C1. The molecule has 1 unspecified atom stereocenters. The number of amides is 1. The highest BCUT2D eigenvalue weighted by molar-refractivity contribution is 5.79. The monoisotopic (exact) mass is 403 g/mol. The maximum absolute atomic E-state index is 13.1. The number of benzene rings is 1. The molecule has 4 rings (SSSR count). The number of carbonyl (C=O) groups excluding carboxylic acids is 1. The Bertz CT molecular complexity index is 878. The quantitative estimate of drug-likeness (QED) is 0.720. The summed E-state index contributed by atoms with van der Waals surface area (Å²) in [6.07, 6.45) is 4.51. The van der Waals surface area contributed by atoms with E-state index in [0.717, 1.165) is 57.2 Å². The van der Waals surface area contributed by atoms with E-state index in [1.165, 1.54) is 12.3 Å². The molecule has 1 aromatic carbocycles. The molecule has 1 saturated carbocycles. The van der Waals surface area contributed by atoms with Crippen LogP contribution < -0.4 is 0 Å². The number of carbonyl (C=O) groups is 1. The van der Waals surface area contributed by atoms with Gasteiger partial charge in [0.05, 0.1) is 17.0 Å². The topological polar surface area (TPSA) is 46.1 Å². The van der Waals surface area contributed by atoms with Gasteiger partial charge in [-0.3, -0.25) is 14.8 Å². The van der Waals surface area contributed by atoms with Gasteiger partial charge < -0.3 is 4.90 Å². The van der Waals surface area contributed by atoms with Crippen LogP contribution in [0.3, 0.4) is 0 Å². The first kappa shape index (κ1) is 19.9. The third-order valence-corrected chi connectivity index (χ3v) is 6.01. The molecule has 29 heavy (non-hydrogen) atoms. The van der Waals surface area contributed by atoms with Crippen molar-refractivity contribution in [1.29, 1.82) is 0 Å². The van der Waals surface area contributed by atoms with Crippen LogP contribution in [0.2, 0.25) is 0 Å². The third kappa shape index (κ3) is 4.28. The molecule has 1 aliphatic carbocycles. The lowest BCUT2D eigenvalue weighted by atomic mass is 9.90. The zero-order chi connectivity index (χ0) is 20.4. The molecular weight excluding hydrogens is 379 g/mol. The predicted octanol–water partition coefficient (Wildman–Crippen LogP) is 5.06. The first-order chi connectivity index (χ1) is 13.9. The minimum atomic E-state index is -4.41. The Morgan fingerprint density at radius 1 is 1.03 bits per heavy atom. The van der Waals surface area contributed by atoms with Gasteiger partial charge in [0.15, 0.2) is 0 Å². The molecule has 4 nitrogen and oxygen atoms in total. The molecular formula is C22H24F3N3O. The van der Waals surface area contributed by atoms with E-state index >= 15 is 0 Å². The van der Waals surface area contributed by atoms with Gasteiger partial charge >= 0.3 is 6.18 Å². The van der Waals surface area contributed by atoms with Crippen molar-refractivity contribution in [3.63, 3.8) is 0 Å². The average molecular weight is 403 g/mol. The molecule has 0 spiro atoms. The summed E-state index contributed by atoms with van der Waals surface area (Å²) in [5, 5.41) is 0. The fraction of sp³-hybridized carbons (Fsp3) is 0.500. The van der Waals surface area contributed by atoms with Crippen LogP contribution in [-0.4, -0.2) is 33.9 Å². The molecule has 7 heteroatoms. The lowest BCUT2D eigenvalue weighted by molar-refractivity contribution is -0.138. The molecule has 1 saturated heterocycles. The summed E-state index contributed by atoms with van der Waals surface area (Å²) in [6.45, 7) is 1.30. The van der Waals surface area contributed by atoms with Crippen molar-refractivity contribution >= 4 is 5.91 Å². The second kappa shape index (κ2) is 8.13. The molecule has 1 amide bonds. The van der Waals surface area contributed by atoms with Crippen LogP contribution in [-0.2, 0) is 11.0 Å². The lowest BCUT2D eigenvalue weighted by Crippen LogP contribution is -2.42. The Kier molecular flexibility index (Phi) is 5.56. The highest BCUT2D eigenvalue weighted by atomic mass is 19.4. The number of nitrogens with zero attached hydrogens (tertiary/aromatic N) is 3. The summed E-state index contributed by atoms with van der Waals surface area (Å²) in [4.78, 5) is 23.6. The number of rotatable bonds is 3. The van der Waals surface area contributed by atoms with E-state index in [0.29, 0.717) is 23.5 Å². The van der Waals surface area contributed by atoms with Gasteiger partial charge in [-0.1, -0.05) is 25.0 Å². The summed E-state index contributed by atoms with van der Waals surface area (Å²) in [6, 6.07) is 5.21. The maximum Gasteiger partial charge on any atom is 0.416 e. The number of halogens is 3. The smallest absolute Gasteiger partial charge is 0.342 e. The fourth-order valence-corrected chi connectivity index (χ4v) is 4.54. The number of alkyl halides is 3. The molecule has 2 fully saturated rings. The van der Waals surface area contributed by atoms with E-state index in [4.69, 9.17) is 0 Å². The number of aromatic nitrogens is 2. The van der Waals surface area contributed by atoms with Gasteiger partial charge in [-0.05, 0) is 37.8 Å². The molecule has 1 aliphatic heterocycles. The standard InChI is InChI=1S/C22H24F3N3O/c23-22(24,25)18-9-3-7-16(13-18)19-20(27-11-10-26-19)17-8-4-12-28(14-17)21(29)15-5-1-2-6-15/h3,7,9-11,13,15,17H,1-2,4-6,8,12,14H2. The lowest BCUT2D eigenvalue weighted by Gasteiger charge is -2.34. The van der Waals surface area contributed by atoms with Gasteiger partial charge in [-0.15, -0.1) is 0 Å². The number of likely N-dealkylation sites (tertiary alicyclic amines) is 1. The highest BCUT2D eigenvalue weighted by Crippen LogP contribution is 2.36. The van der Waals surface area contributed by atoms with Crippen molar-refractivity contribution < 1.29 is 18.0 Å². The van der Waals surface area contributed by atoms with Gasteiger partial charge in [-0.2, -0.15) is 13.2 Å². The molecule has 2 aromatic rings. The molecule has 1 atom stereocenters. The van der Waals surface area contributed by atoms with Gasteiger partial charge in [0, 0.05) is 42.9 Å². The number of hydrogen-bond acceptors (Lipinski definition) is 3. The van der Waals surface area contributed by atoms with Crippen molar-refractivity contribution in [3.8, 4) is 11.3 Å². The summed E-state index contributed by atoms with van der Waals surface area (Å²) in [5.74, 6) is 0.322. The zero-order valence-corrected chi connectivity index (χ0v) is 16.2. The molecule has 2 aliphatic rings. The van der Waals surface area contributed by atoms with Crippen LogP contribution in [0.4, 0.5) is 13.2 Å². The van der Waals surface area contributed by atoms with Crippen LogP contribution >= 0.6 is 0 Å². The largest absolute Gasteiger partial charge is 0.416 e. The van der Waals surface area contributed by atoms with E-state index < -0.39 is 11.7 Å². The Labute approximate surface area is 168 Å². The summed E-state index contributed by atoms with van der Waals surface area (Å²) in [7, 11) is 0. The van der Waals surface area contributed by atoms with E-state index in [9.17, 15) is 18.0 Å². The second-order valence-corrected chi connectivity index (χ2v) is 7.97. The Morgan fingerprint density at radius 2 is 1.79 bits per heavy atom. The van der Waals surface area contributed by atoms with E-state index in [-0.39, 0.29) is 17.7 Å². The summed E-state index contributed by atoms with van der Waals surface area (Å²) >= 11 is 0. The number of piperidine rings is 1. The van der Waals surface area contributed by atoms with Gasteiger partial charge in [0.1, 0.15) is 0 Å². The number of hydrogen-bond donors (Lipinski definition) is 0. The maximum atomic E-state index is 13.1. The molecule has 1 aromatic heterocycles. The summed E-state index contributed by atoms with van der Waals surface area (Å²) in [5.41, 5.74) is 0.852. The minimum Gasteiger partial charge on any atom is -0.342 e. The summed E-state index contributed by atoms with van der Waals surface area (Å²) < 4.78 is 39.4. The van der Waals surface area contributed by atoms with Gasteiger partial charge in [0.25, 0.3) is 0 Å². The molecule has 2 heterocycles. The van der Waals surface area contributed by atoms with E-state index in [1.807, 2.05) is 4.90 Å². The Hall–Kier alpha value is -2.44. The van der Waals surface area contributed by atoms with Crippen LogP contribution in [0.15, 0.2) is 36.7 Å². The van der Waals surface area contributed by atoms with Crippen molar-refractivity contribution in [2.45, 2.75) is 50.6 Å². The van der Waals surface area contributed by atoms with E-state index in [1.54, 1.807) is 12.3 Å². The van der Waals surface area contributed by atoms with Gasteiger partial charge in [0.2, 0.25) is 5.91 Å². The first-order valence-electron chi connectivity index (χ1n) is 10.2. The average Bonchev–Trinajstić information content (AvgIpc) is 3.28. The Morgan fingerprint density at radius 3 is 2.55 bits per heavy atom. The highest BCUT2D eigenvalue weighted by Gasteiger charge is 2.33. The zero-order valence-electron chi connectivity index (χ0n) is 16.2. The normalized spacial score (nSPS) is 20.8. The van der Waals surface area contributed by atoms with Crippen LogP contribution in [0.5, 0.6) is 0 Å². The van der Waals surface area contributed by atoms with Crippen molar-refractivity contribution in [2.75, 3.05) is 13.1 Å². The van der Waals surface area contributed by atoms with Gasteiger partial charge in [-0.25, -0.2) is 0 Å². The van der Waals surface area contributed by atoms with Crippen molar-refractivity contribution in [1.82, 2.24) is 14.9 Å². The van der Waals surface area contributed by atoms with Crippen LogP contribution in [0, 0.1) is 5.92 Å². The molecule has 0 bridgehead atoms.